The number of rotatable bonds is 6. The first-order valence-corrected chi connectivity index (χ1v) is 4.73. The van der Waals surface area contributed by atoms with E-state index < -0.39 is 0 Å². The van der Waals surface area contributed by atoms with Gasteiger partial charge in [-0.3, -0.25) is 0 Å². The molecule has 11 heavy (non-hydrogen) atoms. The zero-order chi connectivity index (χ0) is 8.69. The van der Waals surface area contributed by atoms with Gasteiger partial charge < -0.3 is 4.74 Å². The summed E-state index contributed by atoms with van der Waals surface area (Å²) in [6.07, 6.45) is 5.50. The predicted octanol–water partition coefficient (Wildman–Crippen LogP) is 3.24. The molecule has 1 atom stereocenters. The molecule has 0 aromatic rings. The van der Waals surface area contributed by atoms with Gasteiger partial charge in [-0.05, 0) is 18.8 Å². The molecule has 0 fully saturated rings. The molecule has 0 spiro atoms. The molecule has 1 heteroatoms. The molecule has 68 valence electrons. The Morgan fingerprint density at radius 2 is 1.91 bits per heavy atom. The summed E-state index contributed by atoms with van der Waals surface area (Å²) in [5.41, 5.74) is 0. The van der Waals surface area contributed by atoms with Gasteiger partial charge in [0.25, 0.3) is 0 Å². The maximum absolute atomic E-state index is 5.36. The standard InChI is InChI=1S/C10H22O/c1-5-6-7-10(11-4)8-9(2)3/h9-10H,5-8H2,1-4H3. The third-order valence-electron chi connectivity index (χ3n) is 1.95. The Bertz CT molecular complexity index is 78.9. The molecule has 0 saturated carbocycles. The Morgan fingerprint density at radius 3 is 2.27 bits per heavy atom. The highest BCUT2D eigenvalue weighted by atomic mass is 16.5. The van der Waals surface area contributed by atoms with E-state index in [4.69, 9.17) is 4.74 Å². The Labute approximate surface area is 71.1 Å². The summed E-state index contributed by atoms with van der Waals surface area (Å²) < 4.78 is 5.36. The molecule has 0 rings (SSSR count). The summed E-state index contributed by atoms with van der Waals surface area (Å²) in [5, 5.41) is 0. The van der Waals surface area contributed by atoms with Crippen molar-refractivity contribution in [3.05, 3.63) is 0 Å². The van der Waals surface area contributed by atoms with Crippen LogP contribution in [-0.2, 0) is 4.74 Å². The molecule has 0 saturated heterocycles. The molecule has 1 nitrogen and oxygen atoms in total. The summed E-state index contributed by atoms with van der Waals surface area (Å²) in [7, 11) is 1.82. The van der Waals surface area contributed by atoms with Crippen molar-refractivity contribution in [3.8, 4) is 0 Å². The van der Waals surface area contributed by atoms with Crippen LogP contribution in [0.4, 0.5) is 0 Å². The first kappa shape index (κ1) is 11.0. The van der Waals surface area contributed by atoms with Crippen molar-refractivity contribution in [1.29, 1.82) is 0 Å². The minimum atomic E-state index is 0.495. The van der Waals surface area contributed by atoms with Crippen LogP contribution < -0.4 is 0 Å². The zero-order valence-electron chi connectivity index (χ0n) is 8.39. The van der Waals surface area contributed by atoms with Gasteiger partial charge in [0, 0.05) is 7.11 Å². The summed E-state index contributed by atoms with van der Waals surface area (Å²) in [5.74, 6) is 0.761. The largest absolute Gasteiger partial charge is 0.381 e. The number of methoxy groups -OCH3 is 1. The fraction of sp³-hybridized carbons (Fsp3) is 1.00. The molecular weight excluding hydrogens is 136 g/mol. The highest BCUT2D eigenvalue weighted by molar-refractivity contribution is 4.59. The third kappa shape index (κ3) is 6.36. The number of unbranched alkanes of at least 4 members (excludes halogenated alkanes) is 1. The van der Waals surface area contributed by atoms with Crippen LogP contribution in [0.1, 0.15) is 46.5 Å². The van der Waals surface area contributed by atoms with Gasteiger partial charge in [-0.2, -0.15) is 0 Å². The summed E-state index contributed by atoms with van der Waals surface area (Å²) >= 11 is 0. The normalized spacial score (nSPS) is 13.9. The molecule has 0 aliphatic heterocycles. The van der Waals surface area contributed by atoms with Crippen LogP contribution in [0, 0.1) is 5.92 Å². The van der Waals surface area contributed by atoms with Crippen LogP contribution in [0.2, 0.25) is 0 Å². The summed E-state index contributed by atoms with van der Waals surface area (Å²) in [4.78, 5) is 0. The van der Waals surface area contributed by atoms with Gasteiger partial charge in [0.05, 0.1) is 6.10 Å². The van der Waals surface area contributed by atoms with Gasteiger partial charge in [0.2, 0.25) is 0 Å². The lowest BCUT2D eigenvalue weighted by atomic mass is 10.0. The molecule has 0 amide bonds. The average Bonchev–Trinajstić information content (AvgIpc) is 1.97. The first-order valence-electron chi connectivity index (χ1n) is 4.73. The second-order valence-corrected chi connectivity index (χ2v) is 3.63. The molecular formula is C10H22O. The van der Waals surface area contributed by atoms with Crippen molar-refractivity contribution in [2.45, 2.75) is 52.6 Å². The molecule has 0 N–H and O–H groups in total. The Kier molecular flexibility index (Phi) is 6.63. The van der Waals surface area contributed by atoms with Gasteiger partial charge in [-0.1, -0.05) is 33.6 Å². The molecule has 0 radical (unpaired) electrons. The minimum absolute atomic E-state index is 0.495. The van der Waals surface area contributed by atoms with E-state index in [2.05, 4.69) is 20.8 Å². The number of ether oxygens (including phenoxy) is 1. The third-order valence-corrected chi connectivity index (χ3v) is 1.95. The second kappa shape index (κ2) is 6.66. The predicted molar refractivity (Wildman–Crippen MR) is 49.8 cm³/mol. The molecule has 0 aromatic heterocycles. The van der Waals surface area contributed by atoms with Crippen LogP contribution in [0.25, 0.3) is 0 Å². The van der Waals surface area contributed by atoms with Crippen molar-refractivity contribution in [2.75, 3.05) is 7.11 Å². The Balaban J connectivity index is 3.41. The van der Waals surface area contributed by atoms with Gasteiger partial charge >= 0.3 is 0 Å². The topological polar surface area (TPSA) is 9.23 Å². The second-order valence-electron chi connectivity index (χ2n) is 3.63. The van der Waals surface area contributed by atoms with Crippen molar-refractivity contribution >= 4 is 0 Å². The summed E-state index contributed by atoms with van der Waals surface area (Å²) in [6.45, 7) is 6.72. The highest BCUT2D eigenvalue weighted by Crippen LogP contribution is 2.13. The lowest BCUT2D eigenvalue weighted by Crippen LogP contribution is -2.13. The van der Waals surface area contributed by atoms with Gasteiger partial charge in [0.1, 0.15) is 0 Å². The van der Waals surface area contributed by atoms with Crippen LogP contribution in [-0.4, -0.2) is 13.2 Å². The van der Waals surface area contributed by atoms with E-state index in [0.717, 1.165) is 5.92 Å². The number of hydrogen-bond donors (Lipinski definition) is 0. The van der Waals surface area contributed by atoms with Crippen LogP contribution in [0.3, 0.4) is 0 Å². The highest BCUT2D eigenvalue weighted by Gasteiger charge is 2.07. The van der Waals surface area contributed by atoms with Crippen molar-refractivity contribution in [2.24, 2.45) is 5.92 Å². The molecule has 0 heterocycles. The fourth-order valence-corrected chi connectivity index (χ4v) is 1.29. The van der Waals surface area contributed by atoms with Gasteiger partial charge in [0.15, 0.2) is 0 Å². The van der Waals surface area contributed by atoms with Crippen molar-refractivity contribution < 1.29 is 4.74 Å². The maximum Gasteiger partial charge on any atom is 0.0573 e. The lowest BCUT2D eigenvalue weighted by molar-refractivity contribution is 0.0756. The maximum atomic E-state index is 5.36. The van der Waals surface area contributed by atoms with Crippen LogP contribution in [0.15, 0.2) is 0 Å². The van der Waals surface area contributed by atoms with Crippen molar-refractivity contribution in [1.82, 2.24) is 0 Å². The van der Waals surface area contributed by atoms with E-state index in [0.29, 0.717) is 6.10 Å². The Morgan fingerprint density at radius 1 is 1.27 bits per heavy atom. The van der Waals surface area contributed by atoms with E-state index in [1.807, 2.05) is 7.11 Å². The molecule has 0 aliphatic carbocycles. The average molecular weight is 158 g/mol. The Hall–Kier alpha value is -0.0400. The smallest absolute Gasteiger partial charge is 0.0573 e. The monoisotopic (exact) mass is 158 g/mol. The van der Waals surface area contributed by atoms with E-state index in [-0.39, 0.29) is 0 Å². The molecule has 1 unspecified atom stereocenters. The zero-order valence-corrected chi connectivity index (χ0v) is 8.39. The van der Waals surface area contributed by atoms with Crippen molar-refractivity contribution in [3.63, 3.8) is 0 Å². The van der Waals surface area contributed by atoms with Gasteiger partial charge in [-0.25, -0.2) is 0 Å². The SMILES string of the molecule is CCCCC(CC(C)C)OC. The minimum Gasteiger partial charge on any atom is -0.381 e. The van der Waals surface area contributed by atoms with E-state index in [1.165, 1.54) is 25.7 Å². The summed E-state index contributed by atoms with van der Waals surface area (Å²) in [6, 6.07) is 0. The fourth-order valence-electron chi connectivity index (χ4n) is 1.29. The number of hydrogen-bond acceptors (Lipinski definition) is 1. The van der Waals surface area contributed by atoms with E-state index >= 15 is 0 Å². The first-order chi connectivity index (χ1) is 5.20. The van der Waals surface area contributed by atoms with Crippen LogP contribution >= 0.6 is 0 Å². The van der Waals surface area contributed by atoms with Crippen LogP contribution in [0.5, 0.6) is 0 Å². The van der Waals surface area contributed by atoms with E-state index in [1.54, 1.807) is 0 Å². The molecule has 0 aliphatic rings. The molecule has 0 bridgehead atoms. The lowest BCUT2D eigenvalue weighted by Gasteiger charge is -2.16. The quantitative estimate of drug-likeness (QED) is 0.576. The van der Waals surface area contributed by atoms with Gasteiger partial charge in [-0.15, -0.1) is 0 Å². The van der Waals surface area contributed by atoms with E-state index in [9.17, 15) is 0 Å². The molecule has 0 aromatic carbocycles.